The number of hydrazone groups is 1. The van der Waals surface area contributed by atoms with Crippen molar-refractivity contribution in [3.8, 4) is 5.75 Å². The number of nitrogens with zero attached hydrogens (tertiary/aromatic N) is 2. The van der Waals surface area contributed by atoms with Crippen molar-refractivity contribution in [2.24, 2.45) is 5.10 Å². The van der Waals surface area contributed by atoms with Crippen molar-refractivity contribution >= 4 is 32.0 Å². The number of para-hydroxylation sites is 1. The standard InChI is InChI=1S/C20H17N3O7S2/c1-15-6-10-18(11-7-15)31(26,27)22-21-14-16-4-2-3-5-20(16)30-32(28,29)19-12-8-17(9-13-19)23(24)25/h2-14,22H,1H3/b21-14+. The van der Waals surface area contributed by atoms with Crippen molar-refractivity contribution in [2.45, 2.75) is 16.7 Å². The third-order valence-electron chi connectivity index (χ3n) is 4.16. The molecule has 0 aliphatic carbocycles. The summed E-state index contributed by atoms with van der Waals surface area (Å²) in [7, 11) is -8.21. The number of benzene rings is 3. The summed E-state index contributed by atoms with van der Waals surface area (Å²) in [6, 6.07) is 16.3. The highest BCUT2D eigenvalue weighted by Crippen LogP contribution is 2.23. The lowest BCUT2D eigenvalue weighted by Gasteiger charge is -2.09. The Morgan fingerprint density at radius 1 is 0.906 bits per heavy atom. The van der Waals surface area contributed by atoms with Gasteiger partial charge in [0.2, 0.25) is 0 Å². The van der Waals surface area contributed by atoms with Crippen LogP contribution in [0.1, 0.15) is 11.1 Å². The van der Waals surface area contributed by atoms with Crippen LogP contribution in [0.4, 0.5) is 5.69 Å². The lowest BCUT2D eigenvalue weighted by molar-refractivity contribution is -0.384. The van der Waals surface area contributed by atoms with Gasteiger partial charge in [0.15, 0.2) is 5.75 Å². The minimum atomic E-state index is -4.30. The normalized spacial score (nSPS) is 11.9. The Morgan fingerprint density at radius 2 is 1.50 bits per heavy atom. The summed E-state index contributed by atoms with van der Waals surface area (Å²) in [5.41, 5.74) is 0.815. The smallest absolute Gasteiger partial charge is 0.339 e. The molecular weight excluding hydrogens is 458 g/mol. The SMILES string of the molecule is Cc1ccc(S(=O)(=O)N/N=C/c2ccccc2OS(=O)(=O)c2ccc([N+](=O)[O-])cc2)cc1. The molecule has 0 radical (unpaired) electrons. The number of nitro benzene ring substituents is 1. The first-order valence-electron chi connectivity index (χ1n) is 8.98. The number of sulfonamides is 1. The van der Waals surface area contributed by atoms with Crippen molar-refractivity contribution in [3.05, 3.63) is 94.0 Å². The summed E-state index contributed by atoms with van der Waals surface area (Å²) in [6.45, 7) is 1.82. The third-order valence-corrected chi connectivity index (χ3v) is 6.65. The Bertz CT molecular complexity index is 1370. The number of aryl methyl sites for hydroxylation is 1. The van der Waals surface area contributed by atoms with Gasteiger partial charge in [-0.1, -0.05) is 29.8 Å². The second kappa shape index (κ2) is 9.16. The van der Waals surface area contributed by atoms with Crippen molar-refractivity contribution in [1.29, 1.82) is 0 Å². The Kier molecular flexibility index (Phi) is 6.55. The van der Waals surface area contributed by atoms with Gasteiger partial charge >= 0.3 is 10.1 Å². The fourth-order valence-corrected chi connectivity index (χ4v) is 4.24. The molecule has 166 valence electrons. The van der Waals surface area contributed by atoms with E-state index in [-0.39, 0.29) is 26.8 Å². The summed E-state index contributed by atoms with van der Waals surface area (Å²) >= 11 is 0. The van der Waals surface area contributed by atoms with Crippen LogP contribution in [0.25, 0.3) is 0 Å². The maximum atomic E-state index is 12.5. The number of hydrogen-bond donors (Lipinski definition) is 1. The first-order valence-corrected chi connectivity index (χ1v) is 11.9. The minimum absolute atomic E-state index is 0.0190. The van der Waals surface area contributed by atoms with E-state index >= 15 is 0 Å². The summed E-state index contributed by atoms with van der Waals surface area (Å²) in [4.78, 5) is 11.9. The van der Waals surface area contributed by atoms with Gasteiger partial charge in [0.05, 0.1) is 16.0 Å². The molecule has 0 bridgehead atoms. The highest BCUT2D eigenvalue weighted by atomic mass is 32.2. The van der Waals surface area contributed by atoms with Gasteiger partial charge in [-0.05, 0) is 43.3 Å². The quantitative estimate of drug-likeness (QED) is 0.228. The molecule has 0 saturated carbocycles. The molecule has 0 spiro atoms. The van der Waals surface area contributed by atoms with Gasteiger partial charge in [-0.15, -0.1) is 0 Å². The molecule has 1 N–H and O–H groups in total. The van der Waals surface area contributed by atoms with Crippen LogP contribution in [0.3, 0.4) is 0 Å². The van der Waals surface area contributed by atoms with Crippen molar-refractivity contribution in [2.75, 3.05) is 0 Å². The molecule has 0 amide bonds. The van der Waals surface area contributed by atoms with E-state index in [0.717, 1.165) is 36.0 Å². The van der Waals surface area contributed by atoms with E-state index in [1.54, 1.807) is 18.2 Å². The Labute approximate surface area is 184 Å². The van der Waals surface area contributed by atoms with Gasteiger partial charge in [-0.25, -0.2) is 4.83 Å². The van der Waals surface area contributed by atoms with Gasteiger partial charge in [-0.2, -0.15) is 21.9 Å². The molecular formula is C20H17N3O7S2. The molecule has 0 aliphatic heterocycles. The first kappa shape index (κ1) is 22.9. The van der Waals surface area contributed by atoms with E-state index in [9.17, 15) is 26.9 Å². The molecule has 10 nitrogen and oxygen atoms in total. The van der Waals surface area contributed by atoms with E-state index in [1.165, 1.54) is 30.3 Å². The Balaban J connectivity index is 1.79. The summed E-state index contributed by atoms with van der Waals surface area (Å²) < 4.78 is 54.8. The number of rotatable bonds is 8. The van der Waals surface area contributed by atoms with Crippen LogP contribution < -0.4 is 9.01 Å². The second-order valence-corrected chi connectivity index (χ2v) is 9.70. The lowest BCUT2D eigenvalue weighted by atomic mass is 10.2. The topological polar surface area (TPSA) is 145 Å². The van der Waals surface area contributed by atoms with Gasteiger partial charge < -0.3 is 4.18 Å². The van der Waals surface area contributed by atoms with Gasteiger partial charge in [0.1, 0.15) is 4.90 Å². The maximum absolute atomic E-state index is 12.5. The highest BCUT2D eigenvalue weighted by Gasteiger charge is 2.19. The molecule has 3 aromatic rings. The molecule has 32 heavy (non-hydrogen) atoms. The molecule has 0 aliphatic rings. The van der Waals surface area contributed by atoms with E-state index in [2.05, 4.69) is 9.93 Å². The molecule has 0 atom stereocenters. The van der Waals surface area contributed by atoms with Gasteiger partial charge in [-0.3, -0.25) is 10.1 Å². The van der Waals surface area contributed by atoms with Crippen LogP contribution in [-0.2, 0) is 20.1 Å². The molecule has 12 heteroatoms. The van der Waals surface area contributed by atoms with Crippen LogP contribution in [0, 0.1) is 17.0 Å². The van der Waals surface area contributed by atoms with E-state index in [0.29, 0.717) is 0 Å². The zero-order chi connectivity index (χ0) is 23.4. The largest absolute Gasteiger partial charge is 0.378 e. The Morgan fingerprint density at radius 3 is 2.12 bits per heavy atom. The van der Waals surface area contributed by atoms with Crippen molar-refractivity contribution in [3.63, 3.8) is 0 Å². The predicted molar refractivity (Wildman–Crippen MR) is 116 cm³/mol. The minimum Gasteiger partial charge on any atom is -0.378 e. The average Bonchev–Trinajstić information content (AvgIpc) is 2.75. The van der Waals surface area contributed by atoms with E-state index in [4.69, 9.17) is 4.18 Å². The lowest BCUT2D eigenvalue weighted by Crippen LogP contribution is -2.18. The maximum Gasteiger partial charge on any atom is 0.339 e. The highest BCUT2D eigenvalue weighted by molar-refractivity contribution is 7.89. The molecule has 0 unspecified atom stereocenters. The van der Waals surface area contributed by atoms with Crippen molar-refractivity contribution in [1.82, 2.24) is 4.83 Å². The van der Waals surface area contributed by atoms with Crippen molar-refractivity contribution < 1.29 is 25.9 Å². The number of nitrogens with one attached hydrogen (secondary N) is 1. The summed E-state index contributed by atoms with van der Waals surface area (Å²) in [5.74, 6) is -0.107. The zero-order valence-corrected chi connectivity index (χ0v) is 18.2. The van der Waals surface area contributed by atoms with Crippen LogP contribution in [-0.4, -0.2) is 28.0 Å². The van der Waals surface area contributed by atoms with Crippen LogP contribution in [0.5, 0.6) is 5.75 Å². The molecule has 0 fully saturated rings. The summed E-state index contributed by atoms with van der Waals surface area (Å²) in [6.07, 6.45) is 1.10. The zero-order valence-electron chi connectivity index (χ0n) is 16.6. The van der Waals surface area contributed by atoms with Gasteiger partial charge in [0.25, 0.3) is 15.7 Å². The number of non-ortho nitro benzene ring substituents is 1. The third kappa shape index (κ3) is 5.47. The molecule has 3 aromatic carbocycles. The van der Waals surface area contributed by atoms with Crippen LogP contribution in [0.2, 0.25) is 0 Å². The molecule has 0 saturated heterocycles. The fraction of sp³-hybridized carbons (Fsp3) is 0.0500. The molecule has 3 rings (SSSR count). The van der Waals surface area contributed by atoms with Crippen LogP contribution >= 0.6 is 0 Å². The van der Waals surface area contributed by atoms with Crippen LogP contribution in [0.15, 0.2) is 87.7 Å². The predicted octanol–water partition coefficient (Wildman–Crippen LogP) is 2.98. The van der Waals surface area contributed by atoms with Gasteiger partial charge in [0, 0.05) is 17.7 Å². The van der Waals surface area contributed by atoms with E-state index in [1.807, 2.05) is 6.92 Å². The number of hydrogen-bond acceptors (Lipinski definition) is 8. The number of nitro groups is 1. The average molecular weight is 476 g/mol. The molecule has 0 heterocycles. The monoisotopic (exact) mass is 475 g/mol. The molecule has 0 aromatic heterocycles. The fourth-order valence-electron chi connectivity index (χ4n) is 2.50. The van der Waals surface area contributed by atoms with E-state index < -0.39 is 25.1 Å². The Hall–Kier alpha value is -3.77. The second-order valence-electron chi connectivity index (χ2n) is 6.49. The summed E-state index contributed by atoms with van der Waals surface area (Å²) in [5, 5.41) is 14.4. The first-order chi connectivity index (χ1) is 15.1.